The largest absolute Gasteiger partial charge is 0.480 e. The van der Waals surface area contributed by atoms with Gasteiger partial charge in [-0.2, -0.15) is 0 Å². The van der Waals surface area contributed by atoms with E-state index in [-0.39, 0.29) is 12.3 Å². The summed E-state index contributed by atoms with van der Waals surface area (Å²) in [7, 11) is 0. The summed E-state index contributed by atoms with van der Waals surface area (Å²) >= 11 is 0. The minimum atomic E-state index is -1.08. The number of likely N-dealkylation sites (tertiary alicyclic amines) is 1. The fourth-order valence-electron chi connectivity index (χ4n) is 5.46. The molecule has 2 rings (SSSR count). The Hall–Kier alpha value is -3.55. The van der Waals surface area contributed by atoms with Crippen LogP contribution in [0.5, 0.6) is 0 Å². The van der Waals surface area contributed by atoms with Crippen LogP contribution in [0, 0.1) is 5.92 Å². The van der Waals surface area contributed by atoms with Gasteiger partial charge in [-0.3, -0.25) is 19.2 Å². The molecule has 0 spiro atoms. The Morgan fingerprint density at radius 2 is 1.42 bits per heavy atom. The zero-order chi connectivity index (χ0) is 33.4. The third-order valence-corrected chi connectivity index (χ3v) is 7.94. The van der Waals surface area contributed by atoms with E-state index >= 15 is 0 Å². The molecule has 0 aromatic heterocycles. The summed E-state index contributed by atoms with van der Waals surface area (Å²) in [5.41, 5.74) is 18.1. The van der Waals surface area contributed by atoms with Crippen LogP contribution in [0.15, 0.2) is 30.3 Å². The first kappa shape index (κ1) is 37.6. The smallest absolute Gasteiger partial charge is 0.326 e. The van der Waals surface area contributed by atoms with Crippen LogP contribution < -0.4 is 33.2 Å². The first-order valence-corrected chi connectivity index (χ1v) is 16.1. The number of benzene rings is 1. The molecule has 0 unspecified atom stereocenters. The number of amides is 4. The molecule has 1 aromatic rings. The molecule has 5 atom stereocenters. The Morgan fingerprint density at radius 3 is 2.02 bits per heavy atom. The van der Waals surface area contributed by atoms with E-state index < -0.39 is 59.8 Å². The number of nitrogens with zero attached hydrogens (tertiary/aromatic N) is 1. The van der Waals surface area contributed by atoms with Gasteiger partial charge >= 0.3 is 5.97 Å². The van der Waals surface area contributed by atoms with Crippen LogP contribution in [0.1, 0.15) is 77.2 Å². The lowest BCUT2D eigenvalue weighted by atomic mass is 10.00. The van der Waals surface area contributed by atoms with Crippen molar-refractivity contribution in [1.29, 1.82) is 0 Å². The third-order valence-electron chi connectivity index (χ3n) is 7.94. The number of carbonyl (C=O) groups is 5. The molecule has 1 heterocycles. The predicted molar refractivity (Wildman–Crippen MR) is 172 cm³/mol. The van der Waals surface area contributed by atoms with Gasteiger partial charge in [0.1, 0.15) is 24.2 Å². The highest BCUT2D eigenvalue weighted by Gasteiger charge is 2.38. The van der Waals surface area contributed by atoms with Gasteiger partial charge in [0.15, 0.2) is 0 Å². The standard InChI is InChI=1S/C32H53N7O6/c1-21(2)19-26(31(43)39-18-10-15-27(39)32(44)45)38-30(42)25(20-22-11-4-3-5-12-22)37-29(41)24(14-7-9-17-34)36-28(40)23(35)13-6-8-16-33/h3-5,11-12,21,23-27H,6-10,13-20,33-35H2,1-2H3,(H,36,40)(H,37,41)(H,38,42)(H,44,45)/t23-,24-,25-,26-,27-/m0/s1. The predicted octanol–water partition coefficient (Wildman–Crippen LogP) is 0.391. The van der Waals surface area contributed by atoms with Gasteiger partial charge in [-0.05, 0) is 75.9 Å². The Balaban J connectivity index is 2.28. The van der Waals surface area contributed by atoms with Crippen molar-refractivity contribution < 1.29 is 29.1 Å². The topological polar surface area (TPSA) is 223 Å². The van der Waals surface area contributed by atoms with Crippen LogP contribution in [0.3, 0.4) is 0 Å². The first-order valence-electron chi connectivity index (χ1n) is 16.1. The van der Waals surface area contributed by atoms with Crippen LogP contribution in [-0.4, -0.2) is 89.4 Å². The van der Waals surface area contributed by atoms with E-state index in [0.717, 1.165) is 12.0 Å². The fraction of sp³-hybridized carbons (Fsp3) is 0.656. The summed E-state index contributed by atoms with van der Waals surface area (Å²) in [6.45, 7) is 5.02. The van der Waals surface area contributed by atoms with Crippen LogP contribution >= 0.6 is 0 Å². The first-order chi connectivity index (χ1) is 21.5. The molecular weight excluding hydrogens is 578 g/mol. The number of unbranched alkanes of at least 4 members (excludes halogenated alkanes) is 2. The molecule has 1 aromatic carbocycles. The molecule has 10 N–H and O–H groups in total. The van der Waals surface area contributed by atoms with Gasteiger partial charge in [0.05, 0.1) is 6.04 Å². The zero-order valence-electron chi connectivity index (χ0n) is 26.7. The summed E-state index contributed by atoms with van der Waals surface area (Å²) in [4.78, 5) is 67.0. The summed E-state index contributed by atoms with van der Waals surface area (Å²) < 4.78 is 0. The normalized spacial score (nSPS) is 17.3. The second kappa shape index (κ2) is 19.8. The highest BCUT2D eigenvalue weighted by molar-refractivity contribution is 5.95. The van der Waals surface area contributed by atoms with Crippen molar-refractivity contribution in [1.82, 2.24) is 20.9 Å². The van der Waals surface area contributed by atoms with Gasteiger partial charge in [-0.25, -0.2) is 4.79 Å². The van der Waals surface area contributed by atoms with Gasteiger partial charge in [0, 0.05) is 13.0 Å². The van der Waals surface area contributed by atoms with Crippen molar-refractivity contribution in [3.63, 3.8) is 0 Å². The molecule has 4 amide bonds. The highest BCUT2D eigenvalue weighted by Crippen LogP contribution is 2.20. The molecule has 0 radical (unpaired) electrons. The molecule has 252 valence electrons. The highest BCUT2D eigenvalue weighted by atomic mass is 16.4. The minimum Gasteiger partial charge on any atom is -0.480 e. The SMILES string of the molecule is CC(C)C[C@H](NC(=O)[C@H](Cc1ccccc1)NC(=O)[C@H](CCCCN)NC(=O)[C@@H](N)CCCCN)C(=O)N1CCC[C@H]1C(=O)O. The van der Waals surface area contributed by atoms with E-state index in [0.29, 0.717) is 71.0 Å². The average Bonchev–Trinajstić information content (AvgIpc) is 3.50. The van der Waals surface area contributed by atoms with E-state index in [2.05, 4.69) is 16.0 Å². The van der Waals surface area contributed by atoms with Gasteiger partial charge < -0.3 is 43.2 Å². The molecule has 13 heteroatoms. The fourth-order valence-corrected chi connectivity index (χ4v) is 5.46. The van der Waals surface area contributed by atoms with Gasteiger partial charge in [0.2, 0.25) is 23.6 Å². The lowest BCUT2D eigenvalue weighted by molar-refractivity contribution is -0.149. The number of carboxylic acid groups (broad SMARTS) is 1. The van der Waals surface area contributed by atoms with Crippen molar-refractivity contribution in [3.8, 4) is 0 Å². The Bertz CT molecular complexity index is 1100. The van der Waals surface area contributed by atoms with Crippen LogP contribution in [0.25, 0.3) is 0 Å². The summed E-state index contributed by atoms with van der Waals surface area (Å²) in [5.74, 6) is -3.12. The maximum Gasteiger partial charge on any atom is 0.326 e. The van der Waals surface area contributed by atoms with Crippen molar-refractivity contribution in [3.05, 3.63) is 35.9 Å². The van der Waals surface area contributed by atoms with E-state index in [9.17, 15) is 29.1 Å². The van der Waals surface area contributed by atoms with E-state index in [1.165, 1.54) is 4.90 Å². The minimum absolute atomic E-state index is 0.0171. The van der Waals surface area contributed by atoms with Crippen molar-refractivity contribution in [2.75, 3.05) is 19.6 Å². The lowest BCUT2D eigenvalue weighted by Gasteiger charge is -2.30. The summed E-state index contributed by atoms with van der Waals surface area (Å²) in [6, 6.07) is 4.36. The van der Waals surface area contributed by atoms with E-state index in [1.807, 2.05) is 44.2 Å². The lowest BCUT2D eigenvalue weighted by Crippen LogP contribution is -2.59. The second-order valence-electron chi connectivity index (χ2n) is 12.2. The van der Waals surface area contributed by atoms with Crippen LogP contribution in [-0.2, 0) is 30.4 Å². The van der Waals surface area contributed by atoms with Crippen LogP contribution in [0.4, 0.5) is 0 Å². The molecule has 0 saturated carbocycles. The van der Waals surface area contributed by atoms with Gasteiger partial charge in [-0.1, -0.05) is 50.6 Å². The number of rotatable bonds is 20. The van der Waals surface area contributed by atoms with E-state index in [1.54, 1.807) is 0 Å². The molecule has 1 aliphatic rings. The third kappa shape index (κ3) is 12.8. The Labute approximate surface area is 266 Å². The van der Waals surface area contributed by atoms with Crippen molar-refractivity contribution >= 4 is 29.6 Å². The number of carboxylic acids is 1. The number of nitrogens with one attached hydrogen (secondary N) is 3. The molecule has 1 saturated heterocycles. The maximum absolute atomic E-state index is 13.8. The van der Waals surface area contributed by atoms with Gasteiger partial charge in [0.25, 0.3) is 0 Å². The molecule has 1 fully saturated rings. The molecule has 45 heavy (non-hydrogen) atoms. The summed E-state index contributed by atoms with van der Waals surface area (Å²) in [6.07, 6.45) is 4.66. The molecule has 13 nitrogen and oxygen atoms in total. The quantitative estimate of drug-likeness (QED) is 0.0987. The molecule has 1 aliphatic heterocycles. The van der Waals surface area contributed by atoms with E-state index in [4.69, 9.17) is 17.2 Å². The van der Waals surface area contributed by atoms with Crippen molar-refractivity contribution in [2.24, 2.45) is 23.1 Å². The number of nitrogens with two attached hydrogens (primary N) is 3. The zero-order valence-corrected chi connectivity index (χ0v) is 26.7. The Morgan fingerprint density at radius 1 is 0.844 bits per heavy atom. The molecule has 0 aliphatic carbocycles. The Kier molecular flexibility index (Phi) is 16.5. The second-order valence-corrected chi connectivity index (χ2v) is 12.2. The van der Waals surface area contributed by atoms with Crippen molar-refractivity contribution in [2.45, 2.75) is 108 Å². The average molecular weight is 632 g/mol. The molecular formula is C32H53N7O6. The monoisotopic (exact) mass is 631 g/mol. The number of carbonyl (C=O) groups excluding carboxylic acids is 4. The summed E-state index contributed by atoms with van der Waals surface area (Å²) in [5, 5.41) is 18.0. The maximum atomic E-state index is 13.8. The number of hydrogen-bond acceptors (Lipinski definition) is 8. The van der Waals surface area contributed by atoms with Gasteiger partial charge in [-0.15, -0.1) is 0 Å². The van der Waals surface area contributed by atoms with Crippen LogP contribution in [0.2, 0.25) is 0 Å². The number of aliphatic carboxylic acids is 1. The molecule has 0 bridgehead atoms. The number of hydrogen-bond donors (Lipinski definition) is 7.